The monoisotopic (exact) mass is 502 g/mol. The van der Waals surface area contributed by atoms with Gasteiger partial charge in [-0.1, -0.05) is 42.5 Å². The molecular formula is C21H19BINO3P. The van der Waals surface area contributed by atoms with Crippen LogP contribution in [0.2, 0.25) is 0 Å². The summed E-state index contributed by atoms with van der Waals surface area (Å²) in [5.41, 5.74) is 3.17. The minimum absolute atomic E-state index is 0.145. The average Bonchev–Trinajstić information content (AvgIpc) is 2.98. The van der Waals surface area contributed by atoms with Gasteiger partial charge in [0.2, 0.25) is 10.8 Å². The molecule has 3 N–H and O–H groups in total. The van der Waals surface area contributed by atoms with Gasteiger partial charge in [0.1, 0.15) is 16.9 Å². The fourth-order valence-corrected chi connectivity index (χ4v) is 3.64. The van der Waals surface area contributed by atoms with Crippen LogP contribution in [0.4, 0.5) is 5.69 Å². The van der Waals surface area contributed by atoms with Gasteiger partial charge < -0.3 is 15.5 Å². The van der Waals surface area contributed by atoms with Gasteiger partial charge in [-0.25, -0.2) is 0 Å². The summed E-state index contributed by atoms with van der Waals surface area (Å²) in [6.07, 6.45) is 0. The van der Waals surface area contributed by atoms with Gasteiger partial charge in [0.15, 0.2) is 0 Å². The lowest BCUT2D eigenvalue weighted by Gasteiger charge is -2.29. The number of carbonyl (C=O) groups excluding carboxylic acids is 1. The predicted molar refractivity (Wildman–Crippen MR) is 125 cm³/mol. The lowest BCUT2D eigenvalue weighted by Crippen LogP contribution is -2.36. The molecule has 1 aliphatic rings. The van der Waals surface area contributed by atoms with Gasteiger partial charge in [-0.05, 0) is 47.9 Å². The van der Waals surface area contributed by atoms with Crippen molar-refractivity contribution in [2.75, 3.05) is 5.32 Å². The average molecular weight is 502 g/mol. The first-order valence-electron chi connectivity index (χ1n) is 8.59. The van der Waals surface area contributed by atoms with Gasteiger partial charge in [-0.3, -0.25) is 4.79 Å². The summed E-state index contributed by atoms with van der Waals surface area (Å²) in [6, 6.07) is 19.2. The fourth-order valence-electron chi connectivity index (χ4n) is 3.64. The topological polar surface area (TPSA) is 69.6 Å². The number of benzene rings is 3. The quantitative estimate of drug-likeness (QED) is 0.274. The molecule has 7 heteroatoms. The number of para-hydroxylation sites is 1. The third kappa shape index (κ3) is 3.51. The maximum Gasteiger partial charge on any atom is 0.244 e. The standard InChI is InChI=1S/C21H17NO3.BH2IP/c1-13-3-2-4-18-19(13)22-20(25)21(18,14-5-9-16(23)10-6-14)15-7-11-17(24)12-8-15;2-1-3/h2-12,23-24H,1H3,(H,22,25);3H2. The number of fused-ring (bicyclic) bond motifs is 1. The van der Waals surface area contributed by atoms with Gasteiger partial charge in [0.25, 0.3) is 0 Å². The summed E-state index contributed by atoms with van der Waals surface area (Å²) < 4.78 is 0. The van der Waals surface area contributed by atoms with Gasteiger partial charge in [-0.2, -0.15) is 31.5 Å². The summed E-state index contributed by atoms with van der Waals surface area (Å²) in [6.45, 7) is 1.96. The molecule has 1 radical (unpaired) electrons. The van der Waals surface area contributed by atoms with E-state index in [-0.39, 0.29) is 17.4 Å². The molecule has 0 bridgehead atoms. The highest BCUT2D eigenvalue weighted by Crippen LogP contribution is 2.49. The van der Waals surface area contributed by atoms with Crippen LogP contribution in [0.3, 0.4) is 0 Å². The van der Waals surface area contributed by atoms with E-state index in [0.29, 0.717) is 0 Å². The highest BCUT2D eigenvalue weighted by atomic mass is 127. The molecule has 28 heavy (non-hydrogen) atoms. The van der Waals surface area contributed by atoms with Crippen molar-refractivity contribution in [1.82, 2.24) is 0 Å². The third-order valence-electron chi connectivity index (χ3n) is 4.86. The molecule has 1 unspecified atom stereocenters. The highest BCUT2D eigenvalue weighted by Gasteiger charge is 2.50. The Morgan fingerprint density at radius 1 is 0.929 bits per heavy atom. The number of halogens is 1. The highest BCUT2D eigenvalue weighted by molar-refractivity contribution is 14.1. The molecule has 0 aliphatic carbocycles. The second kappa shape index (κ2) is 8.54. The number of phenols is 2. The van der Waals surface area contributed by atoms with Crippen molar-refractivity contribution in [3.05, 3.63) is 89.0 Å². The van der Waals surface area contributed by atoms with Crippen molar-refractivity contribution in [3.63, 3.8) is 0 Å². The molecule has 0 aromatic heterocycles. The Bertz CT molecular complexity index is 948. The maximum absolute atomic E-state index is 13.2. The van der Waals surface area contributed by atoms with Gasteiger partial charge in [0.05, 0.1) is 0 Å². The molecule has 141 valence electrons. The number of aryl methyl sites for hydroxylation is 1. The first-order valence-corrected chi connectivity index (χ1v) is 10.5. The molecule has 1 aliphatic heterocycles. The third-order valence-corrected chi connectivity index (χ3v) is 4.86. The van der Waals surface area contributed by atoms with Crippen LogP contribution in [0.15, 0.2) is 66.7 Å². The summed E-state index contributed by atoms with van der Waals surface area (Å²) in [5, 5.41) is 22.3. The molecule has 0 fully saturated rings. The van der Waals surface area contributed by atoms with Crippen LogP contribution in [0.5, 0.6) is 11.5 Å². The van der Waals surface area contributed by atoms with Crippen LogP contribution in [0.25, 0.3) is 0 Å². The second-order valence-electron chi connectivity index (χ2n) is 6.42. The molecule has 0 saturated carbocycles. The Hall–Kier alpha value is -2.05. The second-order valence-corrected chi connectivity index (χ2v) is 8.83. The maximum atomic E-state index is 13.2. The Kier molecular flexibility index (Phi) is 6.31. The molecule has 0 saturated heterocycles. The van der Waals surface area contributed by atoms with E-state index in [1.807, 2.05) is 30.0 Å². The minimum Gasteiger partial charge on any atom is -0.508 e. The van der Waals surface area contributed by atoms with Crippen molar-refractivity contribution >= 4 is 47.9 Å². The van der Waals surface area contributed by atoms with E-state index in [1.54, 1.807) is 48.5 Å². The lowest BCUT2D eigenvalue weighted by atomic mass is 9.70. The Morgan fingerprint density at radius 3 is 1.86 bits per heavy atom. The van der Waals surface area contributed by atoms with E-state index in [9.17, 15) is 15.0 Å². The minimum atomic E-state index is -1.03. The Morgan fingerprint density at radius 2 is 1.39 bits per heavy atom. The number of amides is 1. The fraction of sp³-hybridized carbons (Fsp3) is 0.0952. The van der Waals surface area contributed by atoms with Crippen LogP contribution in [-0.4, -0.2) is 21.0 Å². The van der Waals surface area contributed by atoms with Gasteiger partial charge in [0, 0.05) is 11.3 Å². The van der Waals surface area contributed by atoms with Crippen molar-refractivity contribution in [3.8, 4) is 11.5 Å². The van der Waals surface area contributed by atoms with E-state index in [1.165, 1.54) is 0 Å². The zero-order valence-electron chi connectivity index (χ0n) is 15.2. The number of hydrogen-bond donors (Lipinski definition) is 3. The van der Waals surface area contributed by atoms with Crippen molar-refractivity contribution in [2.45, 2.75) is 12.3 Å². The summed E-state index contributed by atoms with van der Waals surface area (Å²) in [5.74, 6) is 0.146. The zero-order valence-corrected chi connectivity index (χ0v) is 18.5. The van der Waals surface area contributed by atoms with Gasteiger partial charge in [-0.15, -0.1) is 0 Å². The molecular weight excluding hydrogens is 483 g/mol. The van der Waals surface area contributed by atoms with Crippen molar-refractivity contribution in [2.24, 2.45) is 0 Å². The molecule has 0 spiro atoms. The van der Waals surface area contributed by atoms with Crippen molar-refractivity contribution < 1.29 is 15.0 Å². The van der Waals surface area contributed by atoms with E-state index >= 15 is 0 Å². The van der Waals surface area contributed by atoms with Crippen LogP contribution < -0.4 is 5.32 Å². The summed E-state index contributed by atoms with van der Waals surface area (Å²) in [7, 11) is 2.44. The number of aromatic hydroxyl groups is 2. The zero-order chi connectivity index (χ0) is 20.3. The predicted octanol–water partition coefficient (Wildman–Crippen LogP) is 4.52. The van der Waals surface area contributed by atoms with Crippen LogP contribution >= 0.6 is 31.5 Å². The molecule has 1 heterocycles. The Labute approximate surface area is 180 Å². The normalized spacial score (nSPS) is 13.8. The number of anilines is 1. The summed E-state index contributed by atoms with van der Waals surface area (Å²) >= 11 is 2.13. The summed E-state index contributed by atoms with van der Waals surface area (Å²) in [4.78, 5) is 15.1. The van der Waals surface area contributed by atoms with Gasteiger partial charge >= 0.3 is 0 Å². The van der Waals surface area contributed by atoms with Crippen molar-refractivity contribution in [1.29, 1.82) is 0 Å². The Balaban J connectivity index is 0.000000706. The van der Waals surface area contributed by atoms with E-state index in [2.05, 4.69) is 36.8 Å². The van der Waals surface area contributed by atoms with E-state index in [4.69, 9.17) is 0 Å². The number of carbonyl (C=O) groups is 1. The van der Waals surface area contributed by atoms with Crippen LogP contribution in [-0.2, 0) is 10.2 Å². The first kappa shape index (κ1) is 20.7. The molecule has 4 rings (SSSR count). The lowest BCUT2D eigenvalue weighted by molar-refractivity contribution is -0.118. The number of rotatable bonds is 2. The number of nitrogens with one attached hydrogen (secondary N) is 1. The number of hydrogen-bond acceptors (Lipinski definition) is 3. The first-order chi connectivity index (χ1) is 13.4. The molecule has 1 atom stereocenters. The van der Waals surface area contributed by atoms with E-state index in [0.717, 1.165) is 27.9 Å². The van der Waals surface area contributed by atoms with Crippen LogP contribution in [0, 0.1) is 6.92 Å². The largest absolute Gasteiger partial charge is 0.508 e. The molecule has 3 aromatic carbocycles. The number of phenolic OH excluding ortho intramolecular Hbond substituents is 2. The van der Waals surface area contributed by atoms with E-state index < -0.39 is 5.41 Å². The SMILES string of the molecule is Cc1cccc2c1NC(=O)C2(c1ccc(O)cc1)c1ccc(O)cc1.P[B]I. The van der Waals surface area contributed by atoms with Crippen LogP contribution in [0.1, 0.15) is 22.3 Å². The molecule has 3 aromatic rings. The molecule has 4 nitrogen and oxygen atoms in total. The molecule has 1 amide bonds. The smallest absolute Gasteiger partial charge is 0.244 e.